The monoisotopic (exact) mass is 407 g/mol. The molecule has 1 unspecified atom stereocenters. The summed E-state index contributed by atoms with van der Waals surface area (Å²) in [5.41, 5.74) is 2.46. The topological polar surface area (TPSA) is 12.0 Å². The quantitative estimate of drug-likeness (QED) is 0.690. The fraction of sp³-hybridized carbons (Fsp3) is 0.231. The Kier molecular flexibility index (Phi) is 5.27. The van der Waals surface area contributed by atoms with Crippen molar-refractivity contribution in [1.82, 2.24) is 5.32 Å². The van der Waals surface area contributed by atoms with E-state index in [2.05, 4.69) is 67.0 Å². The van der Waals surface area contributed by atoms with Gasteiger partial charge in [0.15, 0.2) is 0 Å². The van der Waals surface area contributed by atoms with Crippen LogP contribution in [0.15, 0.2) is 37.9 Å². The smallest absolute Gasteiger partial charge is 0.0596 e. The zero-order chi connectivity index (χ0) is 13.1. The number of hydrogen-bond acceptors (Lipinski definition) is 2. The summed E-state index contributed by atoms with van der Waals surface area (Å²) in [7, 11) is 0. The van der Waals surface area contributed by atoms with E-state index in [9.17, 15) is 0 Å². The molecule has 0 aliphatic heterocycles. The Morgan fingerprint density at radius 3 is 2.61 bits per heavy atom. The minimum absolute atomic E-state index is 0.184. The van der Waals surface area contributed by atoms with E-state index < -0.39 is 0 Å². The van der Waals surface area contributed by atoms with E-state index >= 15 is 0 Å². The Morgan fingerprint density at radius 2 is 2.06 bits per heavy atom. The summed E-state index contributed by atoms with van der Waals surface area (Å²) in [6, 6.07) is 6.24. The van der Waals surface area contributed by atoms with Gasteiger partial charge in [-0.15, -0.1) is 0 Å². The van der Waals surface area contributed by atoms with Gasteiger partial charge in [0, 0.05) is 14.3 Å². The molecule has 0 amide bonds. The standard InChI is InChI=1S/C13H12Br2ClNS/c1-2-17-13(9-6-18-7-11(9)15)8-3-4-12(16)10(14)5-8/h3-7,13,17H,2H2,1H3. The van der Waals surface area contributed by atoms with Crippen LogP contribution in [0.4, 0.5) is 0 Å². The Labute approximate surface area is 133 Å². The van der Waals surface area contributed by atoms with Crippen molar-refractivity contribution in [3.05, 3.63) is 54.1 Å². The molecule has 1 aromatic carbocycles. The van der Waals surface area contributed by atoms with E-state index in [1.54, 1.807) is 11.3 Å². The van der Waals surface area contributed by atoms with Gasteiger partial charge in [-0.1, -0.05) is 24.6 Å². The highest BCUT2D eigenvalue weighted by Gasteiger charge is 2.17. The van der Waals surface area contributed by atoms with Crippen LogP contribution in [-0.4, -0.2) is 6.54 Å². The lowest BCUT2D eigenvalue weighted by Crippen LogP contribution is -2.21. The normalized spacial score (nSPS) is 12.7. The van der Waals surface area contributed by atoms with E-state index in [1.807, 2.05) is 6.07 Å². The van der Waals surface area contributed by atoms with Crippen molar-refractivity contribution >= 4 is 54.8 Å². The minimum Gasteiger partial charge on any atom is -0.306 e. The molecule has 1 N–H and O–H groups in total. The Morgan fingerprint density at radius 1 is 1.28 bits per heavy atom. The van der Waals surface area contributed by atoms with E-state index in [4.69, 9.17) is 11.6 Å². The number of halogens is 3. The van der Waals surface area contributed by atoms with Gasteiger partial charge in [0.25, 0.3) is 0 Å². The molecule has 0 spiro atoms. The van der Waals surface area contributed by atoms with E-state index in [0.29, 0.717) is 0 Å². The van der Waals surface area contributed by atoms with E-state index in [-0.39, 0.29) is 6.04 Å². The SMILES string of the molecule is CCNC(c1ccc(Cl)c(Br)c1)c1cscc1Br. The fourth-order valence-corrected chi connectivity index (χ4v) is 3.87. The van der Waals surface area contributed by atoms with Crippen molar-refractivity contribution in [2.45, 2.75) is 13.0 Å². The van der Waals surface area contributed by atoms with Gasteiger partial charge >= 0.3 is 0 Å². The molecule has 0 radical (unpaired) electrons. The summed E-state index contributed by atoms with van der Waals surface area (Å²) in [6.45, 7) is 3.02. The molecule has 96 valence electrons. The highest BCUT2D eigenvalue weighted by molar-refractivity contribution is 9.10. The summed E-state index contributed by atoms with van der Waals surface area (Å²) >= 11 is 14.8. The number of rotatable bonds is 4. The first-order valence-electron chi connectivity index (χ1n) is 5.53. The highest BCUT2D eigenvalue weighted by Crippen LogP contribution is 2.34. The molecule has 0 saturated heterocycles. The third-order valence-electron chi connectivity index (χ3n) is 2.64. The van der Waals surface area contributed by atoms with Crippen LogP contribution >= 0.6 is 54.8 Å². The average Bonchev–Trinajstić information content (AvgIpc) is 2.76. The molecule has 1 heterocycles. The van der Waals surface area contributed by atoms with Gasteiger partial charge in [-0.05, 0) is 67.0 Å². The van der Waals surface area contributed by atoms with Gasteiger partial charge < -0.3 is 5.32 Å². The molecule has 0 fully saturated rings. The van der Waals surface area contributed by atoms with Crippen LogP contribution in [-0.2, 0) is 0 Å². The Bertz CT molecular complexity index is 542. The number of benzene rings is 1. The van der Waals surface area contributed by atoms with Crippen LogP contribution in [0.25, 0.3) is 0 Å². The average molecular weight is 410 g/mol. The molecular formula is C13H12Br2ClNS. The summed E-state index contributed by atoms with van der Waals surface area (Å²) in [5.74, 6) is 0. The van der Waals surface area contributed by atoms with Crippen LogP contribution in [0, 0.1) is 0 Å². The predicted octanol–water partition coefficient (Wildman–Crippen LogP) is 5.63. The van der Waals surface area contributed by atoms with Crippen LogP contribution in [0.1, 0.15) is 24.1 Å². The zero-order valence-electron chi connectivity index (χ0n) is 9.71. The van der Waals surface area contributed by atoms with Crippen molar-refractivity contribution in [2.75, 3.05) is 6.54 Å². The molecule has 1 atom stereocenters. The molecule has 0 aliphatic rings. The molecule has 18 heavy (non-hydrogen) atoms. The first kappa shape index (κ1) is 14.5. The Balaban J connectivity index is 2.41. The zero-order valence-corrected chi connectivity index (χ0v) is 14.5. The van der Waals surface area contributed by atoms with Crippen LogP contribution < -0.4 is 5.32 Å². The van der Waals surface area contributed by atoms with E-state index in [1.165, 1.54) is 11.1 Å². The predicted molar refractivity (Wildman–Crippen MR) is 86.7 cm³/mol. The lowest BCUT2D eigenvalue weighted by atomic mass is 10.0. The second-order valence-corrected chi connectivity index (χ2v) is 6.70. The largest absolute Gasteiger partial charge is 0.306 e. The maximum absolute atomic E-state index is 6.04. The molecule has 5 heteroatoms. The maximum Gasteiger partial charge on any atom is 0.0596 e. The van der Waals surface area contributed by atoms with Crippen molar-refractivity contribution in [2.24, 2.45) is 0 Å². The Hall–Kier alpha value is 0.130. The molecule has 2 aromatic rings. The first-order valence-corrected chi connectivity index (χ1v) is 8.44. The van der Waals surface area contributed by atoms with Gasteiger partial charge in [-0.3, -0.25) is 0 Å². The van der Waals surface area contributed by atoms with Gasteiger partial charge in [0.05, 0.1) is 11.1 Å². The molecule has 0 saturated carbocycles. The highest BCUT2D eigenvalue weighted by atomic mass is 79.9. The van der Waals surface area contributed by atoms with Crippen LogP contribution in [0.3, 0.4) is 0 Å². The van der Waals surface area contributed by atoms with Gasteiger partial charge in [0.1, 0.15) is 0 Å². The lowest BCUT2D eigenvalue weighted by Gasteiger charge is -2.19. The third kappa shape index (κ3) is 3.17. The van der Waals surface area contributed by atoms with Crippen molar-refractivity contribution < 1.29 is 0 Å². The second kappa shape index (κ2) is 6.53. The maximum atomic E-state index is 6.04. The first-order chi connectivity index (χ1) is 8.63. The number of thiophene rings is 1. The van der Waals surface area contributed by atoms with Crippen molar-refractivity contribution in [1.29, 1.82) is 0 Å². The molecule has 2 rings (SSSR count). The summed E-state index contributed by atoms with van der Waals surface area (Å²) in [6.07, 6.45) is 0. The van der Waals surface area contributed by atoms with Crippen molar-refractivity contribution in [3.8, 4) is 0 Å². The minimum atomic E-state index is 0.184. The second-order valence-electron chi connectivity index (χ2n) is 3.84. The van der Waals surface area contributed by atoms with Gasteiger partial charge in [-0.25, -0.2) is 0 Å². The third-order valence-corrected chi connectivity index (χ3v) is 5.60. The number of nitrogens with one attached hydrogen (secondary N) is 1. The summed E-state index contributed by atoms with van der Waals surface area (Å²) < 4.78 is 2.07. The van der Waals surface area contributed by atoms with Gasteiger partial charge in [0.2, 0.25) is 0 Å². The molecule has 1 nitrogen and oxygen atoms in total. The lowest BCUT2D eigenvalue weighted by molar-refractivity contribution is 0.630. The van der Waals surface area contributed by atoms with Crippen LogP contribution in [0.2, 0.25) is 5.02 Å². The summed E-state index contributed by atoms with van der Waals surface area (Å²) in [5, 5.41) is 8.50. The molecule has 0 aliphatic carbocycles. The van der Waals surface area contributed by atoms with Crippen molar-refractivity contribution in [3.63, 3.8) is 0 Å². The molecular weight excluding hydrogens is 397 g/mol. The van der Waals surface area contributed by atoms with Gasteiger partial charge in [-0.2, -0.15) is 11.3 Å². The summed E-state index contributed by atoms with van der Waals surface area (Å²) in [4.78, 5) is 0. The van der Waals surface area contributed by atoms with Crippen LogP contribution in [0.5, 0.6) is 0 Å². The molecule has 1 aromatic heterocycles. The fourth-order valence-electron chi connectivity index (χ4n) is 1.80. The molecule has 0 bridgehead atoms. The van der Waals surface area contributed by atoms with E-state index in [0.717, 1.165) is 20.5 Å². The number of hydrogen-bond donors (Lipinski definition) is 1.